The summed E-state index contributed by atoms with van der Waals surface area (Å²) in [5.41, 5.74) is 3.51. The fraction of sp³-hybridized carbons (Fsp3) is 0.286. The third-order valence-electron chi connectivity index (χ3n) is 3.62. The predicted molar refractivity (Wildman–Crippen MR) is 95.3 cm³/mol. The average Bonchev–Trinajstić information content (AvgIpc) is 2.52. The highest BCUT2D eigenvalue weighted by Gasteiger charge is 2.23. The highest BCUT2D eigenvalue weighted by atomic mass is 16.6. The summed E-state index contributed by atoms with van der Waals surface area (Å²) >= 11 is 0. The quantitative estimate of drug-likeness (QED) is 0.726. The summed E-state index contributed by atoms with van der Waals surface area (Å²) in [6.45, 7) is 11.7. The van der Waals surface area contributed by atoms with Crippen LogP contribution >= 0.6 is 0 Å². The van der Waals surface area contributed by atoms with Gasteiger partial charge in [-0.15, -0.1) is 0 Å². The van der Waals surface area contributed by atoms with Crippen LogP contribution in [0.4, 0.5) is 0 Å². The zero-order valence-corrected chi connectivity index (χ0v) is 14.3. The molecule has 2 rings (SSSR count). The molecular formula is C21H24O2. The molecule has 23 heavy (non-hydrogen) atoms. The fourth-order valence-electron chi connectivity index (χ4n) is 2.33. The van der Waals surface area contributed by atoms with Crippen molar-refractivity contribution < 1.29 is 9.53 Å². The molecule has 0 radical (unpaired) electrons. The normalized spacial score (nSPS) is 12.5. The van der Waals surface area contributed by atoms with E-state index in [2.05, 4.69) is 6.58 Å². The van der Waals surface area contributed by atoms with E-state index in [0.717, 1.165) is 22.3 Å². The van der Waals surface area contributed by atoms with Crippen molar-refractivity contribution in [1.82, 2.24) is 0 Å². The molecule has 1 atom stereocenters. The zero-order chi connectivity index (χ0) is 17.0. The van der Waals surface area contributed by atoms with E-state index in [-0.39, 0.29) is 11.9 Å². The lowest BCUT2D eigenvalue weighted by Gasteiger charge is -2.22. The van der Waals surface area contributed by atoms with Crippen molar-refractivity contribution in [2.75, 3.05) is 0 Å². The zero-order valence-electron chi connectivity index (χ0n) is 14.3. The molecule has 0 saturated carbocycles. The molecule has 0 fully saturated rings. The van der Waals surface area contributed by atoms with Crippen molar-refractivity contribution in [3.8, 4) is 0 Å². The first-order valence-corrected chi connectivity index (χ1v) is 7.85. The van der Waals surface area contributed by atoms with Gasteiger partial charge in [0.1, 0.15) is 5.60 Å². The number of ether oxygens (including phenoxy) is 1. The molecule has 0 N–H and O–H groups in total. The maximum Gasteiger partial charge on any atom is 0.313 e. The molecule has 0 aliphatic carbocycles. The summed E-state index contributed by atoms with van der Waals surface area (Å²) in [5.74, 6) is -0.516. The molecule has 0 spiro atoms. The maximum atomic E-state index is 12.3. The van der Waals surface area contributed by atoms with Gasteiger partial charge in [-0.25, -0.2) is 0 Å². The van der Waals surface area contributed by atoms with Crippen molar-refractivity contribution in [1.29, 1.82) is 0 Å². The van der Waals surface area contributed by atoms with Crippen LogP contribution in [0.1, 0.15) is 50.3 Å². The van der Waals surface area contributed by atoms with E-state index in [9.17, 15) is 4.79 Å². The third-order valence-corrected chi connectivity index (χ3v) is 3.62. The monoisotopic (exact) mass is 308 g/mol. The van der Waals surface area contributed by atoms with Crippen LogP contribution in [-0.4, -0.2) is 11.6 Å². The molecular weight excluding hydrogens is 284 g/mol. The maximum absolute atomic E-state index is 12.3. The number of esters is 1. The first-order chi connectivity index (χ1) is 10.8. The fourth-order valence-corrected chi connectivity index (χ4v) is 2.33. The Morgan fingerprint density at radius 3 is 2.22 bits per heavy atom. The first-order valence-electron chi connectivity index (χ1n) is 7.85. The topological polar surface area (TPSA) is 26.3 Å². The first kappa shape index (κ1) is 17.0. The molecule has 2 aromatic rings. The highest BCUT2D eigenvalue weighted by molar-refractivity contribution is 5.81. The molecule has 1 unspecified atom stereocenters. The van der Waals surface area contributed by atoms with E-state index in [1.54, 1.807) is 0 Å². The Morgan fingerprint density at radius 2 is 1.61 bits per heavy atom. The smallest absolute Gasteiger partial charge is 0.313 e. The van der Waals surface area contributed by atoms with Gasteiger partial charge in [0.05, 0.1) is 5.92 Å². The lowest BCUT2D eigenvalue weighted by molar-refractivity contribution is -0.156. The molecule has 0 saturated heterocycles. The van der Waals surface area contributed by atoms with E-state index in [4.69, 9.17) is 4.74 Å². The Morgan fingerprint density at radius 1 is 1.00 bits per heavy atom. The van der Waals surface area contributed by atoms with Gasteiger partial charge in [0.15, 0.2) is 0 Å². The van der Waals surface area contributed by atoms with Gasteiger partial charge in [-0.3, -0.25) is 4.79 Å². The highest BCUT2D eigenvalue weighted by Crippen LogP contribution is 2.26. The lowest BCUT2D eigenvalue weighted by Crippen LogP contribution is -2.26. The molecule has 2 heteroatoms. The third kappa shape index (κ3) is 4.56. The lowest BCUT2D eigenvalue weighted by atomic mass is 9.94. The predicted octanol–water partition coefficient (Wildman–Crippen LogP) is 5.19. The van der Waals surface area contributed by atoms with E-state index < -0.39 is 5.60 Å². The van der Waals surface area contributed by atoms with Crippen LogP contribution in [0.25, 0.3) is 5.57 Å². The number of hydrogen-bond donors (Lipinski definition) is 0. The molecule has 2 nitrogen and oxygen atoms in total. The molecule has 0 aromatic heterocycles. The second kappa shape index (κ2) is 6.82. The van der Waals surface area contributed by atoms with Gasteiger partial charge in [-0.2, -0.15) is 0 Å². The van der Waals surface area contributed by atoms with Gasteiger partial charge >= 0.3 is 5.97 Å². The van der Waals surface area contributed by atoms with Crippen LogP contribution in [0, 0.1) is 0 Å². The minimum atomic E-state index is -0.476. The van der Waals surface area contributed by atoms with Crippen molar-refractivity contribution >= 4 is 11.5 Å². The number of carbonyl (C=O) groups excluding carboxylic acids is 1. The van der Waals surface area contributed by atoms with Gasteiger partial charge in [-0.05, 0) is 50.0 Å². The van der Waals surface area contributed by atoms with Crippen molar-refractivity contribution in [2.24, 2.45) is 0 Å². The van der Waals surface area contributed by atoms with Crippen LogP contribution in [0.3, 0.4) is 0 Å². The minimum Gasteiger partial charge on any atom is -0.460 e. The van der Waals surface area contributed by atoms with E-state index in [1.165, 1.54) is 0 Å². The van der Waals surface area contributed by atoms with Crippen LogP contribution in [0.2, 0.25) is 0 Å². The summed E-state index contributed by atoms with van der Waals surface area (Å²) in [7, 11) is 0. The van der Waals surface area contributed by atoms with Gasteiger partial charge in [0.2, 0.25) is 0 Å². The summed E-state index contributed by atoms with van der Waals surface area (Å²) in [4.78, 5) is 12.3. The van der Waals surface area contributed by atoms with E-state index in [0.29, 0.717) is 0 Å². The van der Waals surface area contributed by atoms with E-state index in [1.807, 2.05) is 82.3 Å². The Kier molecular flexibility index (Phi) is 5.05. The Balaban J connectivity index is 2.23. The van der Waals surface area contributed by atoms with Crippen LogP contribution in [0.15, 0.2) is 61.2 Å². The van der Waals surface area contributed by atoms with Crippen molar-refractivity contribution in [3.05, 3.63) is 77.9 Å². The van der Waals surface area contributed by atoms with Gasteiger partial charge in [0, 0.05) is 0 Å². The Hall–Kier alpha value is -2.35. The van der Waals surface area contributed by atoms with Crippen LogP contribution < -0.4 is 0 Å². The molecule has 0 aliphatic rings. The standard InChI is InChI=1S/C21H24O2/c1-15(17-10-7-6-8-11-17)18-12-9-13-19(14-18)16(2)20(22)23-21(3,4)5/h6-14,16H,1H2,2-5H3. The Bertz CT molecular complexity index is 693. The van der Waals surface area contributed by atoms with Crippen LogP contribution in [-0.2, 0) is 9.53 Å². The Labute approximate surface area is 138 Å². The summed E-state index contributed by atoms with van der Waals surface area (Å²) in [5, 5.41) is 0. The molecule has 0 amide bonds. The number of carbonyl (C=O) groups is 1. The second-order valence-corrected chi connectivity index (χ2v) is 6.73. The van der Waals surface area contributed by atoms with Gasteiger partial charge in [-0.1, -0.05) is 61.2 Å². The summed E-state index contributed by atoms with van der Waals surface area (Å²) in [6.07, 6.45) is 0. The van der Waals surface area contributed by atoms with E-state index >= 15 is 0 Å². The van der Waals surface area contributed by atoms with Gasteiger partial charge in [0.25, 0.3) is 0 Å². The molecule has 0 bridgehead atoms. The minimum absolute atomic E-state index is 0.208. The molecule has 120 valence electrons. The average molecular weight is 308 g/mol. The second-order valence-electron chi connectivity index (χ2n) is 6.73. The number of benzene rings is 2. The molecule has 2 aromatic carbocycles. The summed E-state index contributed by atoms with van der Waals surface area (Å²) < 4.78 is 5.48. The van der Waals surface area contributed by atoms with Crippen molar-refractivity contribution in [3.63, 3.8) is 0 Å². The van der Waals surface area contributed by atoms with Gasteiger partial charge < -0.3 is 4.74 Å². The van der Waals surface area contributed by atoms with Crippen LogP contribution in [0.5, 0.6) is 0 Å². The van der Waals surface area contributed by atoms with Crippen molar-refractivity contribution in [2.45, 2.75) is 39.2 Å². The molecule has 0 heterocycles. The SMILES string of the molecule is C=C(c1ccccc1)c1cccc(C(C)C(=O)OC(C)(C)C)c1. The largest absolute Gasteiger partial charge is 0.460 e. The number of rotatable bonds is 4. The summed E-state index contributed by atoms with van der Waals surface area (Å²) in [6, 6.07) is 18.0. The number of hydrogen-bond acceptors (Lipinski definition) is 2. The molecule has 0 aliphatic heterocycles.